The lowest BCUT2D eigenvalue weighted by Crippen LogP contribution is -1.97. The fraction of sp³-hybridized carbons (Fsp3) is 0.188. The van der Waals surface area contributed by atoms with E-state index in [0.29, 0.717) is 27.1 Å². The quantitative estimate of drug-likeness (QED) is 0.526. The summed E-state index contributed by atoms with van der Waals surface area (Å²) in [5, 5.41) is 11.7. The number of halogens is 1. The topological polar surface area (TPSA) is 68.3 Å². The molecule has 0 spiro atoms. The molecule has 1 N–H and O–H groups in total. The summed E-state index contributed by atoms with van der Waals surface area (Å²) in [6.07, 6.45) is 2.31. The smallest absolute Gasteiger partial charge is 0.216 e. The van der Waals surface area contributed by atoms with E-state index in [2.05, 4.69) is 15.3 Å². The molecule has 0 atom stereocenters. The SMILES string of the molecule is CCc1n[nH]c(=S)n1/N=C\c1ccc(COc2ccccc2Cl)o1. The average Bonchev–Trinajstić information content (AvgIpc) is 3.18. The number of nitrogens with zero attached hydrogens (tertiary/aromatic N) is 3. The molecule has 6 nitrogen and oxygen atoms in total. The van der Waals surface area contributed by atoms with Crippen LogP contribution in [0.1, 0.15) is 24.3 Å². The van der Waals surface area contributed by atoms with E-state index in [1.165, 1.54) is 0 Å². The van der Waals surface area contributed by atoms with E-state index in [-0.39, 0.29) is 6.61 Å². The van der Waals surface area contributed by atoms with Crippen molar-refractivity contribution >= 4 is 30.0 Å². The van der Waals surface area contributed by atoms with Gasteiger partial charge in [0.2, 0.25) is 4.77 Å². The second-order valence-electron chi connectivity index (χ2n) is 4.88. The first-order chi connectivity index (χ1) is 11.7. The molecule has 2 aromatic heterocycles. The molecule has 0 saturated heterocycles. The van der Waals surface area contributed by atoms with Crippen molar-refractivity contribution in [2.45, 2.75) is 20.0 Å². The second kappa shape index (κ2) is 7.46. The molecule has 0 aliphatic rings. The van der Waals surface area contributed by atoms with Gasteiger partial charge in [-0.05, 0) is 36.5 Å². The molecular weight excluding hydrogens is 348 g/mol. The molecule has 24 heavy (non-hydrogen) atoms. The molecule has 0 bridgehead atoms. The van der Waals surface area contributed by atoms with E-state index >= 15 is 0 Å². The molecule has 0 aliphatic heterocycles. The van der Waals surface area contributed by atoms with Crippen LogP contribution in [-0.4, -0.2) is 21.1 Å². The molecule has 124 valence electrons. The van der Waals surface area contributed by atoms with Crippen molar-refractivity contribution in [3.05, 3.63) is 63.5 Å². The molecule has 8 heteroatoms. The van der Waals surface area contributed by atoms with E-state index in [1.807, 2.05) is 31.2 Å². The van der Waals surface area contributed by atoms with Gasteiger partial charge in [0, 0.05) is 6.42 Å². The van der Waals surface area contributed by atoms with Crippen LogP contribution in [0.25, 0.3) is 0 Å². The third-order valence-corrected chi connectivity index (χ3v) is 3.80. The Labute approximate surface area is 148 Å². The number of aryl methyl sites for hydroxylation is 1. The maximum Gasteiger partial charge on any atom is 0.216 e. The van der Waals surface area contributed by atoms with Crippen LogP contribution in [0, 0.1) is 4.77 Å². The lowest BCUT2D eigenvalue weighted by Gasteiger charge is -2.05. The molecule has 1 aromatic carbocycles. The van der Waals surface area contributed by atoms with E-state index in [9.17, 15) is 0 Å². The van der Waals surface area contributed by atoms with E-state index < -0.39 is 0 Å². The van der Waals surface area contributed by atoms with Crippen molar-refractivity contribution in [2.75, 3.05) is 0 Å². The Balaban J connectivity index is 1.67. The van der Waals surface area contributed by atoms with Gasteiger partial charge in [0.05, 0.1) is 11.2 Å². The Morgan fingerprint density at radius 3 is 3.00 bits per heavy atom. The number of nitrogens with one attached hydrogen (secondary N) is 1. The molecule has 0 unspecified atom stereocenters. The first-order valence-electron chi connectivity index (χ1n) is 7.34. The Kier molecular flexibility index (Phi) is 5.12. The van der Waals surface area contributed by atoms with Gasteiger partial charge in [-0.15, -0.1) is 0 Å². The first-order valence-corrected chi connectivity index (χ1v) is 8.12. The number of hydrogen-bond donors (Lipinski definition) is 1. The number of H-pyrrole nitrogens is 1. The third-order valence-electron chi connectivity index (χ3n) is 3.22. The maximum atomic E-state index is 6.05. The van der Waals surface area contributed by atoms with E-state index in [0.717, 1.165) is 12.2 Å². The highest BCUT2D eigenvalue weighted by Gasteiger charge is 2.05. The molecule has 0 saturated carbocycles. The predicted molar refractivity (Wildman–Crippen MR) is 94.3 cm³/mol. The molecular formula is C16H15ClN4O2S. The van der Waals surface area contributed by atoms with Gasteiger partial charge in [-0.25, -0.2) is 0 Å². The van der Waals surface area contributed by atoms with Crippen LogP contribution in [0.5, 0.6) is 5.75 Å². The summed E-state index contributed by atoms with van der Waals surface area (Å²) in [7, 11) is 0. The Bertz CT molecular complexity index is 913. The van der Waals surface area contributed by atoms with Gasteiger partial charge in [-0.1, -0.05) is 30.7 Å². The van der Waals surface area contributed by atoms with E-state index in [1.54, 1.807) is 23.0 Å². The first kappa shape index (κ1) is 16.5. The molecule has 3 rings (SSSR count). The summed E-state index contributed by atoms with van der Waals surface area (Å²) in [4.78, 5) is 0. The molecule has 0 aliphatic carbocycles. The van der Waals surface area contributed by atoms with Crippen molar-refractivity contribution in [1.29, 1.82) is 0 Å². The van der Waals surface area contributed by atoms with Crippen molar-refractivity contribution in [3.8, 4) is 5.75 Å². The number of benzene rings is 1. The van der Waals surface area contributed by atoms with Gasteiger partial charge >= 0.3 is 0 Å². The monoisotopic (exact) mass is 362 g/mol. The summed E-state index contributed by atoms with van der Waals surface area (Å²) >= 11 is 11.2. The summed E-state index contributed by atoms with van der Waals surface area (Å²) in [6.45, 7) is 2.26. The fourth-order valence-corrected chi connectivity index (χ4v) is 2.43. The van der Waals surface area contributed by atoms with Crippen molar-refractivity contribution in [3.63, 3.8) is 0 Å². The second-order valence-corrected chi connectivity index (χ2v) is 5.67. The third kappa shape index (κ3) is 3.74. The number of para-hydroxylation sites is 1. The highest BCUT2D eigenvalue weighted by molar-refractivity contribution is 7.71. The standard InChI is InChI=1S/C16H15ClN4O2S/c1-2-15-19-20-16(24)21(15)18-9-11-7-8-12(23-11)10-22-14-6-4-3-5-13(14)17/h3-9H,2,10H2,1H3,(H,20,24)/b18-9-. The Morgan fingerprint density at radius 2 is 2.21 bits per heavy atom. The van der Waals surface area contributed by atoms with E-state index in [4.69, 9.17) is 33.0 Å². The maximum absolute atomic E-state index is 6.05. The molecule has 0 fully saturated rings. The lowest BCUT2D eigenvalue weighted by atomic mass is 10.3. The predicted octanol–water partition coefficient (Wildman–Crippen LogP) is 4.21. The summed E-state index contributed by atoms with van der Waals surface area (Å²) in [6, 6.07) is 10.9. The van der Waals surface area contributed by atoms with Gasteiger partial charge in [0.25, 0.3) is 0 Å². The van der Waals surface area contributed by atoms with Gasteiger partial charge in [-0.2, -0.15) is 14.9 Å². The largest absolute Gasteiger partial charge is 0.484 e. The number of rotatable bonds is 6. The zero-order chi connectivity index (χ0) is 16.9. The highest BCUT2D eigenvalue weighted by Crippen LogP contribution is 2.24. The highest BCUT2D eigenvalue weighted by atomic mass is 35.5. The molecule has 0 radical (unpaired) electrons. The van der Waals surface area contributed by atoms with Crippen LogP contribution in [0.4, 0.5) is 0 Å². The Morgan fingerprint density at radius 1 is 1.38 bits per heavy atom. The number of furan rings is 1. The van der Waals surface area contributed by atoms with Crippen LogP contribution in [0.15, 0.2) is 45.9 Å². The number of ether oxygens (including phenoxy) is 1. The molecule has 0 amide bonds. The number of aromatic amines is 1. The zero-order valence-corrected chi connectivity index (χ0v) is 14.5. The summed E-state index contributed by atoms with van der Waals surface area (Å²) in [5.41, 5.74) is 0. The van der Waals surface area contributed by atoms with Crippen LogP contribution >= 0.6 is 23.8 Å². The minimum absolute atomic E-state index is 0.281. The van der Waals surface area contributed by atoms with Crippen molar-refractivity contribution in [1.82, 2.24) is 14.9 Å². The lowest BCUT2D eigenvalue weighted by molar-refractivity contribution is 0.270. The van der Waals surface area contributed by atoms with Crippen LogP contribution < -0.4 is 4.74 Å². The molecule has 2 heterocycles. The van der Waals surface area contributed by atoms with Crippen LogP contribution in [0.3, 0.4) is 0 Å². The fourth-order valence-electron chi connectivity index (χ4n) is 2.04. The van der Waals surface area contributed by atoms with Crippen LogP contribution in [0.2, 0.25) is 5.02 Å². The van der Waals surface area contributed by atoms with Gasteiger partial charge in [0.15, 0.2) is 5.82 Å². The number of hydrogen-bond acceptors (Lipinski definition) is 5. The minimum atomic E-state index is 0.281. The van der Waals surface area contributed by atoms with Gasteiger partial charge in [-0.3, -0.25) is 5.10 Å². The Hall–Kier alpha value is -2.38. The normalized spacial score (nSPS) is 11.2. The van der Waals surface area contributed by atoms with Crippen LogP contribution in [-0.2, 0) is 13.0 Å². The van der Waals surface area contributed by atoms with Gasteiger partial charge < -0.3 is 9.15 Å². The average molecular weight is 363 g/mol. The van der Waals surface area contributed by atoms with Crippen molar-refractivity contribution < 1.29 is 9.15 Å². The minimum Gasteiger partial charge on any atom is -0.484 e. The zero-order valence-electron chi connectivity index (χ0n) is 12.9. The van der Waals surface area contributed by atoms with Gasteiger partial charge in [0.1, 0.15) is 23.9 Å². The summed E-state index contributed by atoms with van der Waals surface area (Å²) < 4.78 is 13.3. The summed E-state index contributed by atoms with van der Waals surface area (Å²) in [5.74, 6) is 2.63. The molecule has 3 aromatic rings. The van der Waals surface area contributed by atoms with Crippen molar-refractivity contribution in [2.24, 2.45) is 5.10 Å². The number of aromatic nitrogens is 3.